The summed E-state index contributed by atoms with van der Waals surface area (Å²) in [6, 6.07) is 15.6. The smallest absolute Gasteiger partial charge is 0.237 e. The van der Waals surface area contributed by atoms with Crippen molar-refractivity contribution in [2.45, 2.75) is 31.9 Å². The highest BCUT2D eigenvalue weighted by atomic mass is 35.5. The number of hydrogen-bond donors (Lipinski definition) is 3. The second kappa shape index (κ2) is 10.8. The topological polar surface area (TPSA) is 104 Å². The van der Waals surface area contributed by atoms with Gasteiger partial charge in [-0.2, -0.15) is 4.98 Å². The van der Waals surface area contributed by atoms with Crippen LogP contribution in [0.3, 0.4) is 0 Å². The first kappa shape index (κ1) is 27.7. The first-order valence-electron chi connectivity index (χ1n) is 12.4. The van der Waals surface area contributed by atoms with E-state index in [2.05, 4.69) is 43.4 Å². The number of aromatic nitrogens is 3. The first-order valence-corrected chi connectivity index (χ1v) is 13.9. The lowest BCUT2D eigenvalue weighted by Crippen LogP contribution is -2.33. The van der Waals surface area contributed by atoms with Gasteiger partial charge in [-0.1, -0.05) is 6.07 Å². The van der Waals surface area contributed by atoms with Gasteiger partial charge in [-0.05, 0) is 82.3 Å². The number of nitrogens with one attached hydrogen (secondary N) is 3. The molecule has 3 N–H and O–H groups in total. The maximum Gasteiger partial charge on any atom is 0.237 e. The second-order valence-corrected chi connectivity index (χ2v) is 12.7. The molecular weight excluding hydrogens is 522 g/mol. The van der Waals surface area contributed by atoms with Crippen LogP contribution in [0.1, 0.15) is 26.3 Å². The number of anilines is 4. The van der Waals surface area contributed by atoms with Gasteiger partial charge in [0, 0.05) is 54.5 Å². The molecule has 1 aliphatic rings. The molecule has 0 amide bonds. The van der Waals surface area contributed by atoms with E-state index in [0.29, 0.717) is 11.6 Å². The van der Waals surface area contributed by atoms with Crippen molar-refractivity contribution in [1.82, 2.24) is 19.9 Å². The number of fused-ring (bicyclic) bond motifs is 2. The third-order valence-corrected chi connectivity index (χ3v) is 8.69. The van der Waals surface area contributed by atoms with Gasteiger partial charge in [0.2, 0.25) is 16.0 Å². The molecule has 1 aliphatic heterocycles. The Morgan fingerprint density at radius 2 is 1.87 bits per heavy atom. The van der Waals surface area contributed by atoms with E-state index < -0.39 is 14.8 Å². The van der Waals surface area contributed by atoms with E-state index in [4.69, 9.17) is 4.98 Å². The van der Waals surface area contributed by atoms with Crippen LogP contribution in [0.5, 0.6) is 0 Å². The lowest BCUT2D eigenvalue weighted by Gasteiger charge is -2.20. The summed E-state index contributed by atoms with van der Waals surface area (Å²) < 4.78 is 29.0. The van der Waals surface area contributed by atoms with E-state index in [1.807, 2.05) is 36.0 Å². The Bertz CT molecular complexity index is 1550. The minimum absolute atomic E-state index is 0. The zero-order valence-corrected chi connectivity index (χ0v) is 23.7. The third kappa shape index (κ3) is 5.57. The molecule has 0 radical (unpaired) electrons. The maximum absolute atomic E-state index is 12.6. The highest BCUT2D eigenvalue weighted by Crippen LogP contribution is 2.31. The number of hydrogen-bond acceptors (Lipinski definition) is 7. The van der Waals surface area contributed by atoms with E-state index in [1.165, 1.54) is 11.3 Å². The summed E-state index contributed by atoms with van der Waals surface area (Å²) >= 11 is 0. The average molecular weight is 556 g/mol. The van der Waals surface area contributed by atoms with E-state index in [9.17, 15) is 8.42 Å². The largest absolute Gasteiger partial charge is 0.370 e. The SMILES string of the molecule is CNCCN1CCc2cc(Nc3ncc4ccn(-c5cccc(NS(=O)(=O)C(C)(C)C)c5)c4n3)ccc21.Cl. The van der Waals surface area contributed by atoms with Gasteiger partial charge in [0.25, 0.3) is 0 Å². The molecule has 0 bridgehead atoms. The lowest BCUT2D eigenvalue weighted by molar-refractivity contribution is 0.566. The van der Waals surface area contributed by atoms with Crippen molar-refractivity contribution in [3.63, 3.8) is 0 Å². The van der Waals surface area contributed by atoms with Crippen LogP contribution >= 0.6 is 12.4 Å². The Hall–Kier alpha value is -3.34. The zero-order chi connectivity index (χ0) is 26.2. The molecule has 9 nitrogen and oxygen atoms in total. The van der Waals surface area contributed by atoms with Gasteiger partial charge in [-0.25, -0.2) is 13.4 Å². The monoisotopic (exact) mass is 555 g/mol. The van der Waals surface area contributed by atoms with Gasteiger partial charge in [0.15, 0.2) is 0 Å². The number of sulfonamides is 1. The fourth-order valence-corrected chi connectivity index (χ4v) is 5.11. The molecule has 0 unspecified atom stereocenters. The Labute approximate surface area is 230 Å². The molecule has 0 aliphatic carbocycles. The van der Waals surface area contributed by atoms with Gasteiger partial charge in [0.1, 0.15) is 5.65 Å². The fourth-order valence-electron chi connectivity index (χ4n) is 4.37. The average Bonchev–Trinajstić information content (AvgIpc) is 3.45. The molecule has 2 aromatic heterocycles. The molecule has 3 heterocycles. The summed E-state index contributed by atoms with van der Waals surface area (Å²) in [5, 5.41) is 7.46. The van der Waals surface area contributed by atoms with Crippen LogP contribution in [-0.2, 0) is 16.4 Å². The van der Waals surface area contributed by atoms with Gasteiger partial charge < -0.3 is 20.1 Å². The minimum atomic E-state index is -3.53. The highest BCUT2D eigenvalue weighted by Gasteiger charge is 2.29. The van der Waals surface area contributed by atoms with Gasteiger partial charge in [0.05, 0.1) is 10.4 Å². The Morgan fingerprint density at radius 1 is 1.05 bits per heavy atom. The van der Waals surface area contributed by atoms with E-state index in [1.54, 1.807) is 39.1 Å². The fraction of sp³-hybridized carbons (Fsp3) is 0.333. The van der Waals surface area contributed by atoms with Crippen molar-refractivity contribution in [3.05, 3.63) is 66.5 Å². The number of benzene rings is 2. The summed E-state index contributed by atoms with van der Waals surface area (Å²) in [5.41, 5.74) is 5.59. The molecule has 202 valence electrons. The molecular formula is C27H34ClN7O2S. The van der Waals surface area contributed by atoms with Crippen LogP contribution in [0, 0.1) is 0 Å². The van der Waals surface area contributed by atoms with Gasteiger partial charge in [-0.3, -0.25) is 4.72 Å². The summed E-state index contributed by atoms with van der Waals surface area (Å²) in [5.74, 6) is 0.502. The number of likely N-dealkylation sites (N-methyl/N-ethyl adjacent to an activating group) is 1. The van der Waals surface area contributed by atoms with Gasteiger partial charge >= 0.3 is 0 Å². The van der Waals surface area contributed by atoms with Crippen molar-refractivity contribution in [2.24, 2.45) is 0 Å². The Kier molecular flexibility index (Phi) is 7.87. The second-order valence-electron chi connectivity index (χ2n) is 10.2. The van der Waals surface area contributed by atoms with Crippen LogP contribution in [0.15, 0.2) is 60.9 Å². The molecule has 0 saturated heterocycles. The quantitative estimate of drug-likeness (QED) is 0.289. The van der Waals surface area contributed by atoms with Crippen LogP contribution < -0.4 is 20.3 Å². The van der Waals surface area contributed by atoms with E-state index in [0.717, 1.165) is 48.5 Å². The van der Waals surface area contributed by atoms with Crippen molar-refractivity contribution < 1.29 is 8.42 Å². The van der Waals surface area contributed by atoms with Crippen LogP contribution in [0.25, 0.3) is 16.7 Å². The summed E-state index contributed by atoms with van der Waals surface area (Å²) in [7, 11) is -1.56. The van der Waals surface area contributed by atoms with Gasteiger partial charge in [-0.15, -0.1) is 12.4 Å². The number of halogens is 1. The predicted octanol–water partition coefficient (Wildman–Crippen LogP) is 4.71. The number of nitrogens with zero attached hydrogens (tertiary/aromatic N) is 4. The minimum Gasteiger partial charge on any atom is -0.370 e. The van der Waals surface area contributed by atoms with Crippen LogP contribution in [-0.4, -0.2) is 54.4 Å². The zero-order valence-electron chi connectivity index (χ0n) is 22.0. The lowest BCUT2D eigenvalue weighted by atomic mass is 10.1. The molecule has 0 atom stereocenters. The van der Waals surface area contributed by atoms with E-state index in [-0.39, 0.29) is 12.4 Å². The van der Waals surface area contributed by atoms with Crippen LogP contribution in [0.2, 0.25) is 0 Å². The molecule has 0 fully saturated rings. The Morgan fingerprint density at radius 3 is 2.63 bits per heavy atom. The van der Waals surface area contributed by atoms with E-state index >= 15 is 0 Å². The molecule has 4 aromatic rings. The molecule has 5 rings (SSSR count). The summed E-state index contributed by atoms with van der Waals surface area (Å²) in [6.07, 6.45) is 4.72. The Balaban J connectivity index is 0.00000336. The molecule has 2 aromatic carbocycles. The molecule has 0 spiro atoms. The maximum atomic E-state index is 12.6. The van der Waals surface area contributed by atoms with Crippen molar-refractivity contribution in [1.29, 1.82) is 0 Å². The molecule has 38 heavy (non-hydrogen) atoms. The predicted molar refractivity (Wildman–Crippen MR) is 158 cm³/mol. The highest BCUT2D eigenvalue weighted by molar-refractivity contribution is 7.94. The van der Waals surface area contributed by atoms with Crippen molar-refractivity contribution in [2.75, 3.05) is 41.6 Å². The van der Waals surface area contributed by atoms with Crippen molar-refractivity contribution in [3.8, 4) is 5.69 Å². The molecule has 11 heteroatoms. The summed E-state index contributed by atoms with van der Waals surface area (Å²) in [4.78, 5) is 11.7. The summed E-state index contributed by atoms with van der Waals surface area (Å²) in [6.45, 7) is 7.99. The van der Waals surface area contributed by atoms with Crippen LogP contribution in [0.4, 0.5) is 23.0 Å². The molecule has 0 saturated carbocycles. The number of rotatable bonds is 8. The van der Waals surface area contributed by atoms with Crippen molar-refractivity contribution >= 4 is 56.5 Å². The standard InChI is InChI=1S/C27H33N7O2S.ClH/c1-27(2,3)37(35,36)32-22-6-5-7-23(17-22)34-14-11-20-18-29-26(31-25(20)34)30-21-8-9-24-19(16-21)10-13-33(24)15-12-28-4;/h5-9,11,14,16-18,28,32H,10,12-13,15H2,1-4H3,(H,29,30,31);1H. The normalized spacial score (nSPS) is 13.3. The first-order chi connectivity index (χ1) is 17.6. The third-order valence-electron chi connectivity index (χ3n) is 6.57.